The van der Waals surface area contributed by atoms with Crippen molar-refractivity contribution >= 4 is 11.5 Å². The van der Waals surface area contributed by atoms with Crippen molar-refractivity contribution in [1.82, 2.24) is 0 Å². The van der Waals surface area contributed by atoms with E-state index >= 15 is 0 Å². The summed E-state index contributed by atoms with van der Waals surface area (Å²) in [5, 5.41) is 7.08. The Morgan fingerprint density at radius 1 is 1.78 bits per heavy atom. The van der Waals surface area contributed by atoms with Crippen molar-refractivity contribution in [2.75, 3.05) is 0 Å². The van der Waals surface area contributed by atoms with Crippen molar-refractivity contribution in [1.29, 1.82) is 5.41 Å². The van der Waals surface area contributed by atoms with Gasteiger partial charge in [0.2, 0.25) is 0 Å². The van der Waals surface area contributed by atoms with Gasteiger partial charge in [-0.05, 0) is 12.3 Å². The van der Waals surface area contributed by atoms with Crippen LogP contribution < -0.4 is 0 Å². The van der Waals surface area contributed by atoms with Crippen molar-refractivity contribution in [3.8, 4) is 0 Å². The van der Waals surface area contributed by atoms with Crippen LogP contribution >= 0.6 is 0 Å². The van der Waals surface area contributed by atoms with Gasteiger partial charge in [0.25, 0.3) is 0 Å². The van der Waals surface area contributed by atoms with E-state index in [9.17, 15) is 4.79 Å². The molecule has 0 bridgehead atoms. The fourth-order valence-electron chi connectivity index (χ4n) is 0.492. The van der Waals surface area contributed by atoms with Gasteiger partial charge >= 0.3 is 0 Å². The van der Waals surface area contributed by atoms with Crippen molar-refractivity contribution < 1.29 is 4.79 Å². The highest BCUT2D eigenvalue weighted by atomic mass is 16.1. The molecule has 0 amide bonds. The molecule has 1 radical (unpaired) electrons. The highest BCUT2D eigenvalue weighted by molar-refractivity contribution is 6.37. The number of Topliss-reactive ketones (excluding diaryl/α,β-unsaturated/α-hetero) is 1. The Morgan fingerprint density at radius 2 is 2.22 bits per heavy atom. The molecule has 51 valence electrons. The van der Waals surface area contributed by atoms with Crippen molar-refractivity contribution in [2.24, 2.45) is 5.92 Å². The molecule has 0 saturated heterocycles. The van der Waals surface area contributed by atoms with Crippen LogP contribution in [-0.2, 0) is 4.79 Å². The predicted molar refractivity (Wildman–Crippen MR) is 37.5 cm³/mol. The number of rotatable bonds is 3. The van der Waals surface area contributed by atoms with Gasteiger partial charge in [0.1, 0.15) is 0 Å². The minimum atomic E-state index is -0.148. The standard InChI is InChI=1S/C7H12NO/c1-5(2)4-7(8)6(3)9/h5,8H,1,4H2,2-3H3. The third-order valence-corrected chi connectivity index (χ3v) is 0.978. The van der Waals surface area contributed by atoms with Crippen molar-refractivity contribution in [2.45, 2.75) is 20.3 Å². The maximum Gasteiger partial charge on any atom is 0.173 e. The molecule has 0 aromatic heterocycles. The molecule has 0 aromatic rings. The molecule has 2 heteroatoms. The molecule has 1 unspecified atom stereocenters. The Morgan fingerprint density at radius 3 is 2.33 bits per heavy atom. The van der Waals surface area contributed by atoms with E-state index in [1.54, 1.807) is 0 Å². The second-order valence-electron chi connectivity index (χ2n) is 2.34. The van der Waals surface area contributed by atoms with E-state index < -0.39 is 0 Å². The molecule has 0 aromatic carbocycles. The van der Waals surface area contributed by atoms with Gasteiger partial charge in [-0.15, -0.1) is 0 Å². The quantitative estimate of drug-likeness (QED) is 0.571. The minimum Gasteiger partial charge on any atom is -0.302 e. The molecular weight excluding hydrogens is 114 g/mol. The normalized spacial score (nSPS) is 9.78. The lowest BCUT2D eigenvalue weighted by atomic mass is 10.0. The van der Waals surface area contributed by atoms with Gasteiger partial charge in [-0.3, -0.25) is 4.79 Å². The summed E-state index contributed by atoms with van der Waals surface area (Å²) in [6, 6.07) is 0. The summed E-state index contributed by atoms with van der Waals surface area (Å²) in [5.74, 6) is 0.0203. The lowest BCUT2D eigenvalue weighted by Crippen LogP contribution is -2.10. The molecule has 0 fully saturated rings. The highest BCUT2D eigenvalue weighted by Crippen LogP contribution is 1.99. The molecule has 0 saturated carbocycles. The van der Waals surface area contributed by atoms with E-state index in [1.807, 2.05) is 6.92 Å². The Balaban J connectivity index is 3.65. The van der Waals surface area contributed by atoms with Crippen LogP contribution in [-0.4, -0.2) is 11.5 Å². The van der Waals surface area contributed by atoms with Gasteiger partial charge < -0.3 is 5.41 Å². The molecule has 0 aliphatic heterocycles. The summed E-state index contributed by atoms with van der Waals surface area (Å²) in [6.45, 7) is 6.96. The second-order valence-corrected chi connectivity index (χ2v) is 2.34. The zero-order valence-electron chi connectivity index (χ0n) is 5.90. The van der Waals surface area contributed by atoms with E-state index in [-0.39, 0.29) is 17.4 Å². The zero-order valence-corrected chi connectivity index (χ0v) is 5.90. The van der Waals surface area contributed by atoms with Crippen LogP contribution in [0.5, 0.6) is 0 Å². The molecule has 0 aliphatic rings. The van der Waals surface area contributed by atoms with Crippen LogP contribution in [0.3, 0.4) is 0 Å². The van der Waals surface area contributed by atoms with Crippen LogP contribution in [0.4, 0.5) is 0 Å². The first-order chi connectivity index (χ1) is 4.04. The topological polar surface area (TPSA) is 40.9 Å². The van der Waals surface area contributed by atoms with Crippen molar-refractivity contribution in [3.63, 3.8) is 0 Å². The van der Waals surface area contributed by atoms with E-state index in [2.05, 4.69) is 6.92 Å². The second kappa shape index (κ2) is 3.38. The molecule has 9 heavy (non-hydrogen) atoms. The van der Waals surface area contributed by atoms with Crippen LogP contribution in [0.1, 0.15) is 20.3 Å². The van der Waals surface area contributed by atoms with Crippen LogP contribution in [0.25, 0.3) is 0 Å². The number of hydrogen-bond donors (Lipinski definition) is 1. The molecule has 1 atom stereocenters. The first kappa shape index (κ1) is 8.34. The van der Waals surface area contributed by atoms with Gasteiger partial charge in [-0.2, -0.15) is 0 Å². The first-order valence-electron chi connectivity index (χ1n) is 2.95. The summed E-state index contributed by atoms with van der Waals surface area (Å²) < 4.78 is 0. The molecule has 1 N–H and O–H groups in total. The molecule has 0 rings (SSSR count). The molecular formula is C7H12NO. The summed E-state index contributed by atoms with van der Waals surface area (Å²) in [4.78, 5) is 10.4. The number of carbonyl (C=O) groups is 1. The number of ketones is 1. The van der Waals surface area contributed by atoms with Crippen LogP contribution in [0, 0.1) is 18.3 Å². The average Bonchev–Trinajstić information content (AvgIpc) is 1.63. The molecule has 2 nitrogen and oxygen atoms in total. The van der Waals surface area contributed by atoms with E-state index in [1.165, 1.54) is 6.92 Å². The maximum absolute atomic E-state index is 10.4. The molecule has 0 spiro atoms. The van der Waals surface area contributed by atoms with Gasteiger partial charge in [0.05, 0.1) is 5.71 Å². The van der Waals surface area contributed by atoms with E-state index in [0.29, 0.717) is 6.42 Å². The Kier molecular flexibility index (Phi) is 3.13. The van der Waals surface area contributed by atoms with E-state index in [4.69, 9.17) is 5.41 Å². The number of nitrogens with one attached hydrogen (secondary N) is 1. The summed E-state index contributed by atoms with van der Waals surface area (Å²) in [6.07, 6.45) is 0.495. The smallest absolute Gasteiger partial charge is 0.173 e. The number of carbonyl (C=O) groups excluding carboxylic acids is 1. The fraction of sp³-hybridized carbons (Fsp3) is 0.571. The Hall–Kier alpha value is -0.660. The van der Waals surface area contributed by atoms with Crippen LogP contribution in [0.15, 0.2) is 0 Å². The summed E-state index contributed by atoms with van der Waals surface area (Å²) in [7, 11) is 0. The third-order valence-electron chi connectivity index (χ3n) is 0.978. The summed E-state index contributed by atoms with van der Waals surface area (Å²) in [5.41, 5.74) is 0.178. The van der Waals surface area contributed by atoms with Gasteiger partial charge in [0, 0.05) is 6.92 Å². The highest BCUT2D eigenvalue weighted by Gasteiger charge is 2.04. The van der Waals surface area contributed by atoms with Gasteiger partial charge in [-0.1, -0.05) is 13.8 Å². The van der Waals surface area contributed by atoms with Gasteiger partial charge in [0.15, 0.2) is 5.78 Å². The lowest BCUT2D eigenvalue weighted by Gasteiger charge is -2.00. The lowest BCUT2D eigenvalue weighted by molar-refractivity contribution is -0.111. The van der Waals surface area contributed by atoms with Crippen LogP contribution in [0.2, 0.25) is 0 Å². The predicted octanol–water partition coefficient (Wildman–Crippen LogP) is 1.46. The fourth-order valence-corrected chi connectivity index (χ4v) is 0.492. The maximum atomic E-state index is 10.4. The van der Waals surface area contributed by atoms with Gasteiger partial charge in [-0.25, -0.2) is 0 Å². The zero-order chi connectivity index (χ0) is 7.44. The molecule has 0 aliphatic carbocycles. The number of hydrogen-bond acceptors (Lipinski definition) is 2. The van der Waals surface area contributed by atoms with E-state index in [0.717, 1.165) is 0 Å². The monoisotopic (exact) mass is 126 g/mol. The van der Waals surface area contributed by atoms with Crippen molar-refractivity contribution in [3.05, 3.63) is 6.92 Å². The Bertz CT molecular complexity index is 127. The summed E-state index contributed by atoms with van der Waals surface area (Å²) >= 11 is 0. The first-order valence-corrected chi connectivity index (χ1v) is 2.95. The SMILES string of the molecule is [CH2]C(C)CC(=N)C(C)=O. The average molecular weight is 126 g/mol. The largest absolute Gasteiger partial charge is 0.302 e. The minimum absolute atomic E-state index is 0.148. The third kappa shape index (κ3) is 3.88. The Labute approximate surface area is 55.8 Å². The molecule has 0 heterocycles.